The summed E-state index contributed by atoms with van der Waals surface area (Å²) in [6.45, 7) is 8.57. The number of anilines is 1. The van der Waals surface area contributed by atoms with E-state index in [1.165, 1.54) is 5.56 Å². The van der Waals surface area contributed by atoms with Crippen LogP contribution >= 0.6 is 0 Å². The summed E-state index contributed by atoms with van der Waals surface area (Å²) in [6, 6.07) is 7.54. The predicted molar refractivity (Wildman–Crippen MR) is 89.4 cm³/mol. The van der Waals surface area contributed by atoms with E-state index < -0.39 is 11.8 Å². The van der Waals surface area contributed by atoms with Crippen LogP contribution in [0.2, 0.25) is 0 Å². The zero-order valence-corrected chi connectivity index (χ0v) is 13.8. The summed E-state index contributed by atoms with van der Waals surface area (Å²) in [5.41, 5.74) is 1.82. The Morgan fingerprint density at radius 3 is 2.39 bits per heavy atom. The lowest BCUT2D eigenvalue weighted by atomic mass is 10.0. The maximum atomic E-state index is 11.9. The Balaban J connectivity index is 1.72. The minimum atomic E-state index is -0.635. The van der Waals surface area contributed by atoms with Crippen molar-refractivity contribution in [2.24, 2.45) is 0 Å². The first kappa shape index (κ1) is 17.4. The fraction of sp³-hybridized carbons (Fsp3) is 0.529. The minimum Gasteiger partial charge on any atom is -0.379 e. The van der Waals surface area contributed by atoms with Crippen LogP contribution in [0.4, 0.5) is 5.69 Å². The van der Waals surface area contributed by atoms with E-state index in [1.54, 1.807) is 0 Å². The van der Waals surface area contributed by atoms with Gasteiger partial charge in [0, 0.05) is 31.9 Å². The second-order valence-corrected chi connectivity index (χ2v) is 5.94. The van der Waals surface area contributed by atoms with Crippen molar-refractivity contribution in [3.05, 3.63) is 29.8 Å². The Hall–Kier alpha value is -1.92. The summed E-state index contributed by atoms with van der Waals surface area (Å²) in [6.07, 6.45) is 0. The van der Waals surface area contributed by atoms with Crippen molar-refractivity contribution < 1.29 is 14.3 Å². The number of carbonyl (C=O) groups excluding carboxylic acids is 2. The molecule has 0 spiro atoms. The Labute approximate surface area is 137 Å². The number of morpholine rings is 1. The van der Waals surface area contributed by atoms with Crippen LogP contribution in [-0.2, 0) is 14.3 Å². The molecule has 0 radical (unpaired) electrons. The van der Waals surface area contributed by atoms with Crippen LogP contribution in [-0.4, -0.2) is 56.1 Å². The Morgan fingerprint density at radius 2 is 1.78 bits per heavy atom. The second-order valence-electron chi connectivity index (χ2n) is 5.94. The van der Waals surface area contributed by atoms with Gasteiger partial charge in [-0.25, -0.2) is 0 Å². The summed E-state index contributed by atoms with van der Waals surface area (Å²) in [5, 5.41) is 5.26. The average Bonchev–Trinajstić information content (AvgIpc) is 2.56. The first-order chi connectivity index (χ1) is 11.1. The Bertz CT molecular complexity index is 522. The molecule has 0 saturated carbocycles. The molecule has 1 saturated heterocycles. The minimum absolute atomic E-state index is 0.434. The van der Waals surface area contributed by atoms with Gasteiger partial charge < -0.3 is 15.4 Å². The number of rotatable bonds is 5. The van der Waals surface area contributed by atoms with Crippen LogP contribution in [0.1, 0.15) is 25.3 Å². The molecular weight excluding hydrogens is 294 g/mol. The predicted octanol–water partition coefficient (Wildman–Crippen LogP) is 1.20. The standard InChI is InChI=1S/C17H25N3O3/c1-13(2)14-3-5-15(6-4-14)19-17(22)16(21)18-7-8-20-9-11-23-12-10-20/h3-6,13H,7-12H2,1-2H3,(H,18,21)(H,19,22). The summed E-state index contributed by atoms with van der Waals surface area (Å²) >= 11 is 0. The average molecular weight is 319 g/mol. The number of hydrogen-bond acceptors (Lipinski definition) is 4. The summed E-state index contributed by atoms with van der Waals surface area (Å²) in [7, 11) is 0. The molecule has 1 aliphatic rings. The van der Waals surface area contributed by atoms with Crippen molar-refractivity contribution in [3.63, 3.8) is 0 Å². The number of nitrogens with zero attached hydrogens (tertiary/aromatic N) is 1. The van der Waals surface area contributed by atoms with Crippen molar-refractivity contribution in [1.29, 1.82) is 0 Å². The zero-order valence-electron chi connectivity index (χ0n) is 13.8. The third-order valence-electron chi connectivity index (χ3n) is 3.86. The molecule has 1 fully saturated rings. The topological polar surface area (TPSA) is 70.7 Å². The number of hydrogen-bond donors (Lipinski definition) is 2. The first-order valence-electron chi connectivity index (χ1n) is 8.05. The first-order valence-corrected chi connectivity index (χ1v) is 8.05. The van der Waals surface area contributed by atoms with Gasteiger partial charge in [-0.3, -0.25) is 14.5 Å². The van der Waals surface area contributed by atoms with Crippen molar-refractivity contribution >= 4 is 17.5 Å². The van der Waals surface area contributed by atoms with Crippen molar-refractivity contribution in [3.8, 4) is 0 Å². The van der Waals surface area contributed by atoms with Gasteiger partial charge in [0.1, 0.15) is 0 Å². The largest absolute Gasteiger partial charge is 0.379 e. The maximum absolute atomic E-state index is 11.9. The maximum Gasteiger partial charge on any atom is 0.313 e. The molecule has 0 atom stereocenters. The summed E-state index contributed by atoms with van der Waals surface area (Å²) < 4.78 is 5.26. The molecule has 2 rings (SSSR count). The smallest absolute Gasteiger partial charge is 0.313 e. The molecule has 6 heteroatoms. The van der Waals surface area contributed by atoms with Crippen molar-refractivity contribution in [2.45, 2.75) is 19.8 Å². The molecule has 23 heavy (non-hydrogen) atoms. The lowest BCUT2D eigenvalue weighted by Gasteiger charge is -2.26. The molecule has 1 aromatic carbocycles. The highest BCUT2D eigenvalue weighted by molar-refractivity contribution is 6.39. The fourth-order valence-corrected chi connectivity index (χ4v) is 2.37. The van der Waals surface area contributed by atoms with E-state index in [0.29, 0.717) is 18.2 Å². The molecule has 126 valence electrons. The molecule has 1 heterocycles. The van der Waals surface area contributed by atoms with Gasteiger partial charge in [0.25, 0.3) is 0 Å². The molecular formula is C17H25N3O3. The van der Waals surface area contributed by atoms with E-state index in [-0.39, 0.29) is 0 Å². The number of ether oxygens (including phenoxy) is 1. The Morgan fingerprint density at radius 1 is 1.13 bits per heavy atom. The van der Waals surface area contributed by atoms with Gasteiger partial charge in [0.05, 0.1) is 13.2 Å². The molecule has 2 amide bonds. The third-order valence-corrected chi connectivity index (χ3v) is 3.86. The second kappa shape index (κ2) is 8.64. The number of carbonyl (C=O) groups is 2. The van der Waals surface area contributed by atoms with Crippen LogP contribution in [0.25, 0.3) is 0 Å². The van der Waals surface area contributed by atoms with Crippen LogP contribution in [0, 0.1) is 0 Å². The molecule has 0 aromatic heterocycles. The molecule has 0 bridgehead atoms. The molecule has 1 aromatic rings. The van der Waals surface area contributed by atoms with E-state index in [9.17, 15) is 9.59 Å². The number of amides is 2. The van der Waals surface area contributed by atoms with Gasteiger partial charge in [-0.15, -0.1) is 0 Å². The highest BCUT2D eigenvalue weighted by Gasteiger charge is 2.15. The SMILES string of the molecule is CC(C)c1ccc(NC(=O)C(=O)NCCN2CCOCC2)cc1. The molecule has 0 unspecified atom stereocenters. The summed E-state index contributed by atoms with van der Waals surface area (Å²) in [4.78, 5) is 25.9. The van der Waals surface area contributed by atoms with Gasteiger partial charge in [-0.2, -0.15) is 0 Å². The lowest BCUT2D eigenvalue weighted by Crippen LogP contribution is -2.43. The molecule has 1 aliphatic heterocycles. The van der Waals surface area contributed by atoms with Gasteiger partial charge >= 0.3 is 11.8 Å². The quantitative estimate of drug-likeness (QED) is 0.800. The third kappa shape index (κ3) is 5.65. The van der Waals surface area contributed by atoms with Crippen molar-refractivity contribution in [2.75, 3.05) is 44.7 Å². The van der Waals surface area contributed by atoms with Gasteiger partial charge in [0.15, 0.2) is 0 Å². The van der Waals surface area contributed by atoms with Crippen LogP contribution in [0.5, 0.6) is 0 Å². The van der Waals surface area contributed by atoms with Gasteiger partial charge in [-0.05, 0) is 23.6 Å². The normalized spacial score (nSPS) is 15.4. The highest BCUT2D eigenvalue weighted by Crippen LogP contribution is 2.16. The monoisotopic (exact) mass is 319 g/mol. The van der Waals surface area contributed by atoms with Gasteiger partial charge in [0.2, 0.25) is 0 Å². The molecule has 2 N–H and O–H groups in total. The van der Waals surface area contributed by atoms with Crippen LogP contribution in [0.3, 0.4) is 0 Å². The van der Waals surface area contributed by atoms with Crippen LogP contribution < -0.4 is 10.6 Å². The van der Waals surface area contributed by atoms with E-state index in [0.717, 1.165) is 32.8 Å². The van der Waals surface area contributed by atoms with Gasteiger partial charge in [-0.1, -0.05) is 26.0 Å². The van der Waals surface area contributed by atoms with E-state index >= 15 is 0 Å². The van der Waals surface area contributed by atoms with E-state index in [1.807, 2.05) is 24.3 Å². The van der Waals surface area contributed by atoms with E-state index in [2.05, 4.69) is 29.4 Å². The Kier molecular flexibility index (Phi) is 6.55. The number of nitrogens with one attached hydrogen (secondary N) is 2. The molecule has 6 nitrogen and oxygen atoms in total. The summed E-state index contributed by atoms with van der Waals surface area (Å²) in [5.74, 6) is -0.807. The number of benzene rings is 1. The van der Waals surface area contributed by atoms with E-state index in [4.69, 9.17) is 4.74 Å². The fourth-order valence-electron chi connectivity index (χ4n) is 2.37. The van der Waals surface area contributed by atoms with Crippen LogP contribution in [0.15, 0.2) is 24.3 Å². The zero-order chi connectivity index (χ0) is 16.7. The lowest BCUT2D eigenvalue weighted by molar-refractivity contribution is -0.136. The molecule has 0 aliphatic carbocycles. The highest BCUT2D eigenvalue weighted by atomic mass is 16.5. The van der Waals surface area contributed by atoms with Crippen molar-refractivity contribution in [1.82, 2.24) is 10.2 Å².